The van der Waals surface area contributed by atoms with Crippen molar-refractivity contribution in [2.24, 2.45) is 0 Å². The first-order chi connectivity index (χ1) is 14.9. The van der Waals surface area contributed by atoms with Gasteiger partial charge in [0.15, 0.2) is 0 Å². The first-order valence-corrected chi connectivity index (χ1v) is 11.4. The maximum atomic E-state index is 13.0. The molecule has 0 spiro atoms. The minimum Gasteiger partial charge on any atom is -0.497 e. The van der Waals surface area contributed by atoms with Crippen molar-refractivity contribution in [2.45, 2.75) is 17.9 Å². The zero-order chi connectivity index (χ0) is 22.0. The normalized spacial score (nSPS) is 13.4. The second kappa shape index (κ2) is 8.43. The summed E-state index contributed by atoms with van der Waals surface area (Å²) < 4.78 is 32.4. The van der Waals surface area contributed by atoms with Gasteiger partial charge in [0.25, 0.3) is 15.9 Å². The van der Waals surface area contributed by atoms with Crippen LogP contribution in [0.1, 0.15) is 21.5 Å². The van der Waals surface area contributed by atoms with Gasteiger partial charge < -0.3 is 9.64 Å². The van der Waals surface area contributed by atoms with E-state index < -0.39 is 10.0 Å². The van der Waals surface area contributed by atoms with Gasteiger partial charge in [-0.25, -0.2) is 8.42 Å². The number of carbonyl (C=O) groups excluding carboxylic acids is 1. The Kier molecular flexibility index (Phi) is 5.69. The molecule has 0 radical (unpaired) electrons. The number of carbonyl (C=O) groups is 1. The van der Waals surface area contributed by atoms with Crippen LogP contribution in [0.15, 0.2) is 77.7 Å². The lowest BCUT2D eigenvalue weighted by Crippen LogP contribution is -2.36. The van der Waals surface area contributed by atoms with Crippen LogP contribution in [0, 0.1) is 0 Å². The van der Waals surface area contributed by atoms with E-state index in [9.17, 15) is 13.2 Å². The third-order valence-electron chi connectivity index (χ3n) is 5.59. The van der Waals surface area contributed by atoms with Crippen molar-refractivity contribution < 1.29 is 17.9 Å². The number of ether oxygens (including phenoxy) is 1. The number of hydrogen-bond acceptors (Lipinski definition) is 4. The molecule has 1 amide bonds. The Hall–Kier alpha value is -3.32. The molecule has 3 aromatic rings. The molecular formula is C24H24N2O4S. The number of amides is 1. The van der Waals surface area contributed by atoms with Gasteiger partial charge in [-0.1, -0.05) is 24.3 Å². The number of rotatable bonds is 5. The van der Waals surface area contributed by atoms with E-state index >= 15 is 0 Å². The average molecular weight is 437 g/mol. The summed E-state index contributed by atoms with van der Waals surface area (Å²) in [6.45, 7) is 1.12. The van der Waals surface area contributed by atoms with Crippen molar-refractivity contribution in [3.05, 3.63) is 89.5 Å². The SMILES string of the molecule is COc1ccc2c(c1)CN(C(=O)c1ccc(S(=O)(=O)N(C)c3ccccc3)cc1)CC2. The molecule has 6 nitrogen and oxygen atoms in total. The standard InChI is InChI=1S/C24H24N2O4S/c1-25(21-6-4-3-5-7-21)31(28,29)23-12-9-19(10-13-23)24(27)26-15-14-18-8-11-22(30-2)16-20(18)17-26/h3-13,16H,14-15,17H2,1-2H3. The lowest BCUT2D eigenvalue weighted by molar-refractivity contribution is 0.0734. The van der Waals surface area contributed by atoms with Crippen molar-refractivity contribution in [2.75, 3.05) is 25.0 Å². The zero-order valence-electron chi connectivity index (χ0n) is 17.5. The second-order valence-electron chi connectivity index (χ2n) is 7.44. The topological polar surface area (TPSA) is 66.9 Å². The Morgan fingerprint density at radius 2 is 1.68 bits per heavy atom. The zero-order valence-corrected chi connectivity index (χ0v) is 18.3. The Morgan fingerprint density at radius 1 is 0.968 bits per heavy atom. The summed E-state index contributed by atoms with van der Waals surface area (Å²) in [6, 6.07) is 20.9. The minimum atomic E-state index is -3.71. The fourth-order valence-electron chi connectivity index (χ4n) is 3.72. The first kappa shape index (κ1) is 20.9. The van der Waals surface area contributed by atoms with Gasteiger partial charge in [0.05, 0.1) is 17.7 Å². The molecule has 0 saturated carbocycles. The monoisotopic (exact) mass is 436 g/mol. The van der Waals surface area contributed by atoms with Crippen LogP contribution in [-0.4, -0.2) is 39.9 Å². The smallest absolute Gasteiger partial charge is 0.264 e. The third kappa shape index (κ3) is 4.14. The maximum Gasteiger partial charge on any atom is 0.264 e. The number of benzene rings is 3. The fraction of sp³-hybridized carbons (Fsp3) is 0.208. The molecule has 0 bridgehead atoms. The van der Waals surface area contributed by atoms with Crippen molar-refractivity contribution in [1.82, 2.24) is 4.90 Å². The Balaban J connectivity index is 1.52. The molecule has 0 atom stereocenters. The van der Waals surface area contributed by atoms with Gasteiger partial charge in [0.1, 0.15) is 5.75 Å². The van der Waals surface area contributed by atoms with Crippen molar-refractivity contribution in [3.63, 3.8) is 0 Å². The predicted octanol–water partition coefficient (Wildman–Crippen LogP) is 3.72. The number of hydrogen-bond donors (Lipinski definition) is 0. The van der Waals surface area contributed by atoms with Crippen LogP contribution in [-0.2, 0) is 23.0 Å². The molecule has 7 heteroatoms. The molecular weight excluding hydrogens is 412 g/mol. The van der Waals surface area contributed by atoms with Gasteiger partial charge in [-0.15, -0.1) is 0 Å². The van der Waals surface area contributed by atoms with E-state index in [1.807, 2.05) is 24.3 Å². The number of sulfonamides is 1. The van der Waals surface area contributed by atoms with Crippen LogP contribution in [0.4, 0.5) is 5.69 Å². The van der Waals surface area contributed by atoms with Gasteiger partial charge in [0, 0.05) is 25.7 Å². The molecule has 3 aromatic carbocycles. The number of nitrogens with zero attached hydrogens (tertiary/aromatic N) is 2. The van der Waals surface area contributed by atoms with Crippen molar-refractivity contribution in [1.29, 1.82) is 0 Å². The van der Waals surface area contributed by atoms with Crippen molar-refractivity contribution in [3.8, 4) is 5.75 Å². The highest BCUT2D eigenvalue weighted by Gasteiger charge is 2.24. The molecule has 0 saturated heterocycles. The molecule has 4 rings (SSSR count). The van der Waals surface area contributed by atoms with Gasteiger partial charge >= 0.3 is 0 Å². The summed E-state index contributed by atoms with van der Waals surface area (Å²) in [5, 5.41) is 0. The lowest BCUT2D eigenvalue weighted by atomic mass is 9.99. The number of para-hydroxylation sites is 1. The molecule has 160 valence electrons. The van der Waals surface area contributed by atoms with E-state index in [1.165, 1.54) is 29.0 Å². The predicted molar refractivity (Wildman–Crippen MR) is 120 cm³/mol. The molecule has 0 aliphatic carbocycles. The van der Waals surface area contributed by atoms with E-state index in [-0.39, 0.29) is 10.8 Å². The van der Waals surface area contributed by atoms with E-state index in [0.717, 1.165) is 17.7 Å². The van der Waals surface area contributed by atoms with Crippen molar-refractivity contribution >= 4 is 21.6 Å². The summed E-state index contributed by atoms with van der Waals surface area (Å²) >= 11 is 0. The molecule has 0 N–H and O–H groups in total. The van der Waals surface area contributed by atoms with E-state index in [0.29, 0.717) is 24.3 Å². The highest BCUT2D eigenvalue weighted by molar-refractivity contribution is 7.92. The third-order valence-corrected chi connectivity index (χ3v) is 7.39. The Bertz CT molecular complexity index is 1190. The van der Waals surface area contributed by atoms with Gasteiger partial charge in [-0.05, 0) is 66.1 Å². The van der Waals surface area contributed by atoms with Crippen LogP contribution in [0.2, 0.25) is 0 Å². The summed E-state index contributed by atoms with van der Waals surface area (Å²) in [4.78, 5) is 14.9. The van der Waals surface area contributed by atoms with Gasteiger partial charge in [-0.2, -0.15) is 0 Å². The van der Waals surface area contributed by atoms with E-state index in [4.69, 9.17) is 4.74 Å². The quantitative estimate of drug-likeness (QED) is 0.611. The lowest BCUT2D eigenvalue weighted by Gasteiger charge is -2.29. The van der Waals surface area contributed by atoms with Crippen LogP contribution < -0.4 is 9.04 Å². The van der Waals surface area contributed by atoms with Gasteiger partial charge in [-0.3, -0.25) is 9.10 Å². The summed E-state index contributed by atoms with van der Waals surface area (Å²) in [7, 11) is -0.572. The summed E-state index contributed by atoms with van der Waals surface area (Å²) in [5.41, 5.74) is 3.33. The summed E-state index contributed by atoms with van der Waals surface area (Å²) in [6.07, 6.45) is 0.777. The molecule has 0 aromatic heterocycles. The number of methoxy groups -OCH3 is 1. The van der Waals surface area contributed by atoms with Gasteiger partial charge in [0.2, 0.25) is 0 Å². The molecule has 31 heavy (non-hydrogen) atoms. The average Bonchev–Trinajstić information content (AvgIpc) is 2.83. The van der Waals surface area contributed by atoms with Crippen LogP contribution in [0.5, 0.6) is 5.75 Å². The van der Waals surface area contributed by atoms with E-state index in [1.54, 1.807) is 48.4 Å². The van der Waals surface area contributed by atoms with Crippen LogP contribution in [0.25, 0.3) is 0 Å². The maximum absolute atomic E-state index is 13.0. The highest BCUT2D eigenvalue weighted by atomic mass is 32.2. The van der Waals surface area contributed by atoms with Crippen LogP contribution >= 0.6 is 0 Å². The minimum absolute atomic E-state index is 0.117. The fourth-order valence-corrected chi connectivity index (χ4v) is 4.92. The highest BCUT2D eigenvalue weighted by Crippen LogP contribution is 2.26. The summed E-state index contributed by atoms with van der Waals surface area (Å²) in [5.74, 6) is 0.652. The molecule has 0 unspecified atom stereocenters. The molecule has 0 fully saturated rings. The van der Waals surface area contributed by atoms with E-state index in [2.05, 4.69) is 0 Å². The number of anilines is 1. The largest absolute Gasteiger partial charge is 0.497 e. The Labute approximate surface area is 182 Å². The molecule has 1 aliphatic rings. The van der Waals surface area contributed by atoms with Crippen LogP contribution in [0.3, 0.4) is 0 Å². The second-order valence-corrected chi connectivity index (χ2v) is 9.41. The molecule has 1 aliphatic heterocycles. The molecule has 1 heterocycles. The Morgan fingerprint density at radius 3 is 2.35 bits per heavy atom. The first-order valence-electron chi connectivity index (χ1n) is 9.99. The number of fused-ring (bicyclic) bond motifs is 1.